The largest absolute Gasteiger partial charge is 0.326 e. The predicted octanol–water partition coefficient (Wildman–Crippen LogP) is 1.87. The minimum absolute atomic E-state index is 0.286. The zero-order valence-electron chi connectivity index (χ0n) is 9.51. The van der Waals surface area contributed by atoms with E-state index >= 15 is 0 Å². The molecule has 0 aromatic heterocycles. The molecule has 2 unspecified atom stereocenters. The normalized spacial score (nSPS) is 15.8. The molecule has 2 heteroatoms. The SMILES string of the molecule is C=C(C)CN(C)CC(N)C(C)CC. The Labute approximate surface area is 82.8 Å². The van der Waals surface area contributed by atoms with Gasteiger partial charge in [-0.1, -0.05) is 32.4 Å². The highest BCUT2D eigenvalue weighted by Gasteiger charge is 2.12. The summed E-state index contributed by atoms with van der Waals surface area (Å²) in [5.41, 5.74) is 7.23. The van der Waals surface area contributed by atoms with Crippen molar-refractivity contribution < 1.29 is 0 Å². The average Bonchev–Trinajstić information content (AvgIpc) is 2.01. The molecule has 2 atom stereocenters. The van der Waals surface area contributed by atoms with Gasteiger partial charge in [0.25, 0.3) is 0 Å². The van der Waals surface area contributed by atoms with Gasteiger partial charge in [-0.2, -0.15) is 0 Å². The molecule has 0 aromatic rings. The molecule has 13 heavy (non-hydrogen) atoms. The fraction of sp³-hybridized carbons (Fsp3) is 0.818. The van der Waals surface area contributed by atoms with Gasteiger partial charge in [-0.15, -0.1) is 0 Å². The highest BCUT2D eigenvalue weighted by atomic mass is 15.1. The third-order valence-electron chi connectivity index (χ3n) is 2.44. The van der Waals surface area contributed by atoms with E-state index in [0.29, 0.717) is 5.92 Å². The molecule has 2 nitrogen and oxygen atoms in total. The summed E-state index contributed by atoms with van der Waals surface area (Å²) in [6.45, 7) is 12.2. The molecule has 2 N–H and O–H groups in total. The molecule has 0 aliphatic rings. The lowest BCUT2D eigenvalue weighted by Gasteiger charge is -2.24. The lowest BCUT2D eigenvalue weighted by molar-refractivity contribution is 0.290. The van der Waals surface area contributed by atoms with Crippen LogP contribution in [0.1, 0.15) is 27.2 Å². The summed E-state index contributed by atoms with van der Waals surface area (Å²) < 4.78 is 0. The van der Waals surface area contributed by atoms with Crippen LogP contribution in [-0.2, 0) is 0 Å². The van der Waals surface area contributed by atoms with Gasteiger partial charge in [0, 0.05) is 19.1 Å². The second kappa shape index (κ2) is 6.17. The summed E-state index contributed by atoms with van der Waals surface area (Å²) in [5.74, 6) is 0.604. The number of nitrogens with two attached hydrogens (primary N) is 1. The lowest BCUT2D eigenvalue weighted by atomic mass is 10.00. The van der Waals surface area contributed by atoms with Crippen LogP contribution in [0.4, 0.5) is 0 Å². The predicted molar refractivity (Wildman–Crippen MR) is 59.7 cm³/mol. The van der Waals surface area contributed by atoms with Crippen molar-refractivity contribution in [2.45, 2.75) is 33.2 Å². The molecule has 0 heterocycles. The molecule has 0 aliphatic heterocycles. The highest BCUT2D eigenvalue weighted by molar-refractivity contribution is 4.91. The molecule has 0 spiro atoms. The first-order chi connectivity index (χ1) is 5.97. The van der Waals surface area contributed by atoms with E-state index in [-0.39, 0.29) is 6.04 Å². The summed E-state index contributed by atoms with van der Waals surface area (Å²) in [6.07, 6.45) is 1.15. The van der Waals surface area contributed by atoms with E-state index in [1.165, 1.54) is 5.57 Å². The van der Waals surface area contributed by atoms with Gasteiger partial charge in [-0.25, -0.2) is 0 Å². The smallest absolute Gasteiger partial charge is 0.0193 e. The summed E-state index contributed by atoms with van der Waals surface area (Å²) in [4.78, 5) is 2.24. The Morgan fingerprint density at radius 2 is 2.08 bits per heavy atom. The molecule has 0 amide bonds. The van der Waals surface area contributed by atoms with Crippen LogP contribution in [0.2, 0.25) is 0 Å². The maximum Gasteiger partial charge on any atom is 0.0193 e. The Bertz CT molecular complexity index is 154. The van der Waals surface area contributed by atoms with Crippen molar-refractivity contribution in [3.8, 4) is 0 Å². The molecular formula is C11H24N2. The van der Waals surface area contributed by atoms with Crippen LogP contribution < -0.4 is 5.73 Å². The number of likely N-dealkylation sites (N-methyl/N-ethyl adjacent to an activating group) is 1. The van der Waals surface area contributed by atoms with Gasteiger partial charge in [-0.05, 0) is 19.9 Å². The fourth-order valence-corrected chi connectivity index (χ4v) is 1.37. The molecule has 78 valence electrons. The van der Waals surface area contributed by atoms with Gasteiger partial charge in [0.2, 0.25) is 0 Å². The summed E-state index contributed by atoms with van der Waals surface area (Å²) in [6, 6.07) is 0.286. The monoisotopic (exact) mass is 184 g/mol. The molecule has 0 bridgehead atoms. The van der Waals surface area contributed by atoms with Crippen LogP contribution in [0.3, 0.4) is 0 Å². The van der Waals surface area contributed by atoms with Crippen molar-refractivity contribution in [2.75, 3.05) is 20.1 Å². The van der Waals surface area contributed by atoms with Crippen molar-refractivity contribution >= 4 is 0 Å². The van der Waals surface area contributed by atoms with E-state index in [9.17, 15) is 0 Å². The zero-order chi connectivity index (χ0) is 10.4. The zero-order valence-corrected chi connectivity index (χ0v) is 9.51. The van der Waals surface area contributed by atoms with E-state index in [0.717, 1.165) is 19.5 Å². The van der Waals surface area contributed by atoms with Crippen molar-refractivity contribution in [3.05, 3.63) is 12.2 Å². The van der Waals surface area contributed by atoms with Gasteiger partial charge in [0.15, 0.2) is 0 Å². The quantitative estimate of drug-likeness (QED) is 0.639. The summed E-state index contributed by atoms with van der Waals surface area (Å²) >= 11 is 0. The van der Waals surface area contributed by atoms with E-state index in [2.05, 4.69) is 32.4 Å². The first-order valence-electron chi connectivity index (χ1n) is 5.05. The van der Waals surface area contributed by atoms with Crippen LogP contribution in [0.5, 0.6) is 0 Å². The van der Waals surface area contributed by atoms with E-state index in [1.54, 1.807) is 0 Å². The molecule has 0 rings (SSSR count). The Kier molecular flexibility index (Phi) is 6.00. The third-order valence-corrected chi connectivity index (χ3v) is 2.44. The van der Waals surface area contributed by atoms with Crippen molar-refractivity contribution in [2.24, 2.45) is 11.7 Å². The highest BCUT2D eigenvalue weighted by Crippen LogP contribution is 2.06. The topological polar surface area (TPSA) is 29.3 Å². The second-order valence-electron chi connectivity index (χ2n) is 4.20. The Morgan fingerprint density at radius 1 is 1.54 bits per heavy atom. The molecule has 0 aromatic carbocycles. The molecule has 0 saturated heterocycles. The van der Waals surface area contributed by atoms with Gasteiger partial charge in [0.05, 0.1) is 0 Å². The third kappa shape index (κ3) is 5.83. The molecule has 0 fully saturated rings. The van der Waals surface area contributed by atoms with Gasteiger partial charge in [0.1, 0.15) is 0 Å². The van der Waals surface area contributed by atoms with Crippen molar-refractivity contribution in [1.29, 1.82) is 0 Å². The van der Waals surface area contributed by atoms with Crippen LogP contribution in [0.15, 0.2) is 12.2 Å². The van der Waals surface area contributed by atoms with Crippen LogP contribution in [-0.4, -0.2) is 31.1 Å². The molecular weight excluding hydrogens is 160 g/mol. The van der Waals surface area contributed by atoms with Crippen LogP contribution in [0.25, 0.3) is 0 Å². The Hall–Kier alpha value is -0.340. The second-order valence-corrected chi connectivity index (χ2v) is 4.20. The minimum Gasteiger partial charge on any atom is -0.326 e. The number of hydrogen-bond acceptors (Lipinski definition) is 2. The van der Waals surface area contributed by atoms with E-state index < -0.39 is 0 Å². The Balaban J connectivity index is 3.76. The first kappa shape index (κ1) is 12.7. The first-order valence-corrected chi connectivity index (χ1v) is 5.05. The molecule has 0 aliphatic carbocycles. The summed E-state index contributed by atoms with van der Waals surface area (Å²) in [5, 5.41) is 0. The maximum absolute atomic E-state index is 6.03. The van der Waals surface area contributed by atoms with Crippen molar-refractivity contribution in [1.82, 2.24) is 4.90 Å². The van der Waals surface area contributed by atoms with Crippen LogP contribution >= 0.6 is 0 Å². The number of nitrogens with zero attached hydrogens (tertiary/aromatic N) is 1. The van der Waals surface area contributed by atoms with Crippen molar-refractivity contribution in [3.63, 3.8) is 0 Å². The average molecular weight is 184 g/mol. The van der Waals surface area contributed by atoms with Gasteiger partial charge >= 0.3 is 0 Å². The summed E-state index contributed by atoms with van der Waals surface area (Å²) in [7, 11) is 2.09. The van der Waals surface area contributed by atoms with E-state index in [4.69, 9.17) is 5.73 Å². The van der Waals surface area contributed by atoms with Crippen LogP contribution in [0, 0.1) is 5.92 Å². The number of rotatable bonds is 6. The minimum atomic E-state index is 0.286. The fourth-order valence-electron chi connectivity index (χ4n) is 1.37. The van der Waals surface area contributed by atoms with Gasteiger partial charge < -0.3 is 10.6 Å². The lowest BCUT2D eigenvalue weighted by Crippen LogP contribution is -2.40. The molecule has 0 radical (unpaired) electrons. The number of hydrogen-bond donors (Lipinski definition) is 1. The maximum atomic E-state index is 6.03. The van der Waals surface area contributed by atoms with E-state index in [1.807, 2.05) is 6.92 Å². The Morgan fingerprint density at radius 3 is 2.46 bits per heavy atom. The standard InChI is InChI=1S/C11H24N2/c1-6-10(4)11(12)8-13(5)7-9(2)3/h10-11H,2,6-8,12H2,1,3-5H3. The molecule has 0 saturated carbocycles. The van der Waals surface area contributed by atoms with Gasteiger partial charge in [-0.3, -0.25) is 0 Å².